The van der Waals surface area contributed by atoms with Crippen LogP contribution in [0.2, 0.25) is 0 Å². The molecule has 0 spiro atoms. The van der Waals surface area contributed by atoms with Gasteiger partial charge in [0.15, 0.2) is 0 Å². The monoisotopic (exact) mass is 341 g/mol. The molecule has 7 heteroatoms. The van der Waals surface area contributed by atoms with Crippen LogP contribution in [-0.4, -0.2) is 13.4 Å². The summed E-state index contributed by atoms with van der Waals surface area (Å²) in [5.41, 5.74) is 7.02. The van der Waals surface area contributed by atoms with Gasteiger partial charge in [-0.15, -0.1) is 0 Å². The van der Waals surface area contributed by atoms with Crippen LogP contribution in [0, 0.1) is 6.92 Å². The van der Waals surface area contributed by atoms with Gasteiger partial charge >= 0.3 is 0 Å². The van der Waals surface area contributed by atoms with Gasteiger partial charge in [-0.2, -0.15) is 0 Å². The summed E-state index contributed by atoms with van der Waals surface area (Å²) in [7, 11) is -3.69. The minimum Gasteiger partial charge on any atom is -0.399 e. The lowest BCUT2D eigenvalue weighted by Crippen LogP contribution is -2.14. The van der Waals surface area contributed by atoms with Crippen LogP contribution in [0.15, 0.2) is 45.9 Å². The number of nitrogens with two attached hydrogens (primary N) is 1. The molecule has 2 aromatic rings. The molecule has 19 heavy (non-hydrogen) atoms. The smallest absolute Gasteiger partial charge is 0.264 e. The lowest BCUT2D eigenvalue weighted by atomic mass is 10.3. The second kappa shape index (κ2) is 5.18. The number of sulfonamides is 1. The van der Waals surface area contributed by atoms with Crippen molar-refractivity contribution < 1.29 is 8.42 Å². The minimum atomic E-state index is -3.69. The van der Waals surface area contributed by atoms with Crippen LogP contribution >= 0.6 is 15.9 Å². The molecule has 0 fully saturated rings. The molecule has 1 heterocycles. The molecule has 3 N–H and O–H groups in total. The second-order valence-corrected chi connectivity index (χ2v) is 6.52. The Hall–Kier alpha value is -1.60. The Bertz CT molecular complexity index is 699. The van der Waals surface area contributed by atoms with Crippen LogP contribution in [0.5, 0.6) is 0 Å². The third-order valence-electron chi connectivity index (χ3n) is 2.40. The molecule has 0 atom stereocenters. The van der Waals surface area contributed by atoms with Crippen molar-refractivity contribution in [3.05, 3.63) is 46.6 Å². The van der Waals surface area contributed by atoms with Crippen molar-refractivity contribution in [2.24, 2.45) is 0 Å². The van der Waals surface area contributed by atoms with Gasteiger partial charge in [0, 0.05) is 16.4 Å². The van der Waals surface area contributed by atoms with Crippen LogP contribution in [0.1, 0.15) is 5.56 Å². The van der Waals surface area contributed by atoms with E-state index >= 15 is 0 Å². The summed E-state index contributed by atoms with van der Waals surface area (Å²) in [6.07, 6.45) is 1.59. The number of pyridine rings is 1. The number of rotatable bonds is 3. The second-order valence-electron chi connectivity index (χ2n) is 4.02. The fourth-order valence-corrected chi connectivity index (χ4v) is 3.56. The van der Waals surface area contributed by atoms with Gasteiger partial charge < -0.3 is 5.73 Å². The molecule has 0 saturated carbocycles. The number of aromatic nitrogens is 1. The number of aryl methyl sites for hydroxylation is 1. The van der Waals surface area contributed by atoms with Crippen LogP contribution in [0.3, 0.4) is 0 Å². The van der Waals surface area contributed by atoms with E-state index in [1.807, 2.05) is 6.92 Å². The number of hydrogen-bond acceptors (Lipinski definition) is 4. The predicted molar refractivity (Wildman–Crippen MR) is 78.3 cm³/mol. The van der Waals surface area contributed by atoms with Gasteiger partial charge in [-0.25, -0.2) is 13.4 Å². The lowest BCUT2D eigenvalue weighted by Gasteiger charge is -2.09. The van der Waals surface area contributed by atoms with E-state index in [0.717, 1.165) is 5.56 Å². The maximum atomic E-state index is 12.2. The average molecular weight is 342 g/mol. The zero-order valence-corrected chi connectivity index (χ0v) is 12.5. The number of nitrogen functional groups attached to an aromatic ring is 1. The van der Waals surface area contributed by atoms with Gasteiger partial charge in [-0.05, 0) is 52.7 Å². The standard InChI is InChI=1S/C12H12BrN3O2S/c1-8-2-5-12(15-7-8)16-19(17,18)11-4-3-9(14)6-10(11)13/h2-7H,14H2,1H3,(H,15,16). The van der Waals surface area contributed by atoms with E-state index in [0.29, 0.717) is 10.2 Å². The SMILES string of the molecule is Cc1ccc(NS(=O)(=O)c2ccc(N)cc2Br)nc1. The van der Waals surface area contributed by atoms with E-state index in [1.165, 1.54) is 18.2 Å². The van der Waals surface area contributed by atoms with E-state index < -0.39 is 10.0 Å². The molecule has 0 unspecified atom stereocenters. The predicted octanol–water partition coefficient (Wildman–Crippen LogP) is 2.54. The highest BCUT2D eigenvalue weighted by atomic mass is 79.9. The zero-order chi connectivity index (χ0) is 14.0. The summed E-state index contributed by atoms with van der Waals surface area (Å²) in [5.74, 6) is 0.273. The molecule has 5 nitrogen and oxygen atoms in total. The third kappa shape index (κ3) is 3.24. The van der Waals surface area contributed by atoms with Crippen LogP contribution < -0.4 is 10.5 Å². The summed E-state index contributed by atoms with van der Waals surface area (Å²) in [5, 5.41) is 0. The van der Waals surface area contributed by atoms with Gasteiger partial charge in [0.25, 0.3) is 10.0 Å². The van der Waals surface area contributed by atoms with Crippen molar-refractivity contribution in [3.8, 4) is 0 Å². The number of anilines is 2. The molecule has 1 aromatic carbocycles. The average Bonchev–Trinajstić information content (AvgIpc) is 2.31. The Kier molecular flexibility index (Phi) is 3.77. The van der Waals surface area contributed by atoms with Crippen LogP contribution in [-0.2, 0) is 10.0 Å². The van der Waals surface area contributed by atoms with E-state index in [-0.39, 0.29) is 10.7 Å². The Morgan fingerprint density at radius 3 is 2.58 bits per heavy atom. The summed E-state index contributed by atoms with van der Waals surface area (Å²) in [6, 6.07) is 7.90. The van der Waals surface area contributed by atoms with Crippen molar-refractivity contribution in [2.45, 2.75) is 11.8 Å². The topological polar surface area (TPSA) is 85.1 Å². The maximum absolute atomic E-state index is 12.2. The molecular weight excluding hydrogens is 330 g/mol. The number of hydrogen-bond donors (Lipinski definition) is 2. The summed E-state index contributed by atoms with van der Waals surface area (Å²) in [4.78, 5) is 4.12. The Morgan fingerprint density at radius 2 is 2.00 bits per heavy atom. The molecule has 0 radical (unpaired) electrons. The molecule has 0 aliphatic heterocycles. The number of halogens is 1. The first-order chi connectivity index (χ1) is 8.88. The van der Waals surface area contributed by atoms with Crippen molar-refractivity contribution in [1.29, 1.82) is 0 Å². The number of nitrogens with one attached hydrogen (secondary N) is 1. The molecule has 100 valence electrons. The first-order valence-corrected chi connectivity index (χ1v) is 7.66. The fraction of sp³-hybridized carbons (Fsp3) is 0.0833. The minimum absolute atomic E-state index is 0.115. The molecule has 0 aliphatic carbocycles. The first-order valence-electron chi connectivity index (χ1n) is 5.39. The molecule has 2 rings (SSSR count). The third-order valence-corrected chi connectivity index (χ3v) is 4.73. The number of benzene rings is 1. The van der Waals surface area contributed by atoms with Gasteiger partial charge in [-0.3, -0.25) is 4.72 Å². The largest absolute Gasteiger partial charge is 0.399 e. The van der Waals surface area contributed by atoms with Gasteiger partial charge in [-0.1, -0.05) is 6.07 Å². The number of nitrogens with zero attached hydrogens (tertiary/aromatic N) is 1. The van der Waals surface area contributed by atoms with Crippen LogP contribution in [0.4, 0.5) is 11.5 Å². The first kappa shape index (κ1) is 13.8. The Morgan fingerprint density at radius 1 is 1.26 bits per heavy atom. The molecular formula is C12H12BrN3O2S. The van der Waals surface area contributed by atoms with E-state index in [1.54, 1.807) is 18.3 Å². The highest BCUT2D eigenvalue weighted by molar-refractivity contribution is 9.10. The summed E-state index contributed by atoms with van der Waals surface area (Å²) >= 11 is 3.19. The van der Waals surface area contributed by atoms with Crippen molar-refractivity contribution in [2.75, 3.05) is 10.5 Å². The van der Waals surface area contributed by atoms with Crippen molar-refractivity contribution >= 4 is 37.5 Å². The van der Waals surface area contributed by atoms with Gasteiger partial charge in [0.2, 0.25) is 0 Å². The molecule has 1 aromatic heterocycles. The van der Waals surface area contributed by atoms with E-state index in [4.69, 9.17) is 5.73 Å². The van der Waals surface area contributed by atoms with Crippen molar-refractivity contribution in [1.82, 2.24) is 4.98 Å². The molecule has 0 amide bonds. The van der Waals surface area contributed by atoms with E-state index in [2.05, 4.69) is 25.6 Å². The van der Waals surface area contributed by atoms with Crippen molar-refractivity contribution in [3.63, 3.8) is 0 Å². The molecule has 0 saturated heterocycles. The Labute approximate surface area is 120 Å². The van der Waals surface area contributed by atoms with E-state index in [9.17, 15) is 8.42 Å². The van der Waals surface area contributed by atoms with Gasteiger partial charge in [0.1, 0.15) is 10.7 Å². The fourth-order valence-electron chi connectivity index (χ4n) is 1.46. The summed E-state index contributed by atoms with van der Waals surface area (Å²) in [6.45, 7) is 1.88. The normalized spacial score (nSPS) is 11.3. The highest BCUT2D eigenvalue weighted by Crippen LogP contribution is 2.25. The van der Waals surface area contributed by atoms with Gasteiger partial charge in [0.05, 0.1) is 0 Å². The van der Waals surface area contributed by atoms with Crippen LogP contribution in [0.25, 0.3) is 0 Å². The zero-order valence-electron chi connectivity index (χ0n) is 10.1. The highest BCUT2D eigenvalue weighted by Gasteiger charge is 2.18. The molecule has 0 aliphatic rings. The maximum Gasteiger partial charge on any atom is 0.264 e. The summed E-state index contributed by atoms with van der Waals surface area (Å²) < 4.78 is 27.2. The Balaban J connectivity index is 2.35. The lowest BCUT2D eigenvalue weighted by molar-refractivity contribution is 0.600. The quantitative estimate of drug-likeness (QED) is 0.840. The molecule has 0 bridgehead atoms.